The van der Waals surface area contributed by atoms with Crippen LogP contribution in [0.3, 0.4) is 0 Å². The first-order valence-corrected chi connectivity index (χ1v) is 4.97. The van der Waals surface area contributed by atoms with Crippen LogP contribution in [0.5, 0.6) is 0 Å². The molecule has 0 amide bonds. The monoisotopic (exact) mass is 195 g/mol. The lowest BCUT2D eigenvalue weighted by Gasteiger charge is -1.93. The number of nitrogens with one attached hydrogen (secondary N) is 1. The summed E-state index contributed by atoms with van der Waals surface area (Å²) in [6.45, 7) is 0. The van der Waals surface area contributed by atoms with Gasteiger partial charge in [-0.05, 0) is 6.07 Å². The van der Waals surface area contributed by atoms with Crippen LogP contribution in [0.4, 0.5) is 5.00 Å². The summed E-state index contributed by atoms with van der Waals surface area (Å²) in [6.07, 6.45) is 0. The van der Waals surface area contributed by atoms with Gasteiger partial charge in [-0.25, -0.2) is 0 Å². The number of benzene rings is 1. The van der Waals surface area contributed by atoms with E-state index in [1.54, 1.807) is 11.3 Å². The van der Waals surface area contributed by atoms with Crippen molar-refractivity contribution in [2.75, 3.05) is 12.4 Å². The highest BCUT2D eigenvalue weighted by Crippen LogP contribution is 2.37. The minimum Gasteiger partial charge on any atom is -0.379 e. The summed E-state index contributed by atoms with van der Waals surface area (Å²) in [4.78, 5) is 1.05. The molecule has 0 fully saturated rings. The number of thiol groups is 1. The van der Waals surface area contributed by atoms with E-state index in [9.17, 15) is 0 Å². The SMILES string of the molecule is CNc1sc2ccccc2c1S. The number of hydrogen-bond donors (Lipinski definition) is 2. The van der Waals surface area contributed by atoms with E-state index < -0.39 is 0 Å². The molecule has 1 aromatic carbocycles. The lowest BCUT2D eigenvalue weighted by molar-refractivity contribution is 1.51. The highest BCUT2D eigenvalue weighted by Gasteiger charge is 2.05. The molecule has 0 aliphatic carbocycles. The van der Waals surface area contributed by atoms with Gasteiger partial charge in [-0.1, -0.05) is 18.2 Å². The third-order valence-electron chi connectivity index (χ3n) is 1.80. The van der Waals surface area contributed by atoms with Gasteiger partial charge < -0.3 is 5.32 Å². The molecule has 1 nitrogen and oxygen atoms in total. The molecule has 1 N–H and O–H groups in total. The van der Waals surface area contributed by atoms with Gasteiger partial charge in [0.05, 0.1) is 0 Å². The molecule has 2 rings (SSSR count). The van der Waals surface area contributed by atoms with Gasteiger partial charge in [0.25, 0.3) is 0 Å². The average Bonchev–Trinajstić information content (AvgIpc) is 2.44. The van der Waals surface area contributed by atoms with Gasteiger partial charge in [-0.2, -0.15) is 0 Å². The van der Waals surface area contributed by atoms with Crippen LogP contribution in [0.25, 0.3) is 10.1 Å². The highest BCUT2D eigenvalue weighted by atomic mass is 32.1. The molecule has 0 aliphatic rings. The van der Waals surface area contributed by atoms with Crippen molar-refractivity contribution in [3.8, 4) is 0 Å². The predicted octanol–water partition coefficient (Wildman–Crippen LogP) is 3.23. The van der Waals surface area contributed by atoms with E-state index in [1.165, 1.54) is 10.1 Å². The van der Waals surface area contributed by atoms with E-state index in [0.717, 1.165) is 9.90 Å². The first kappa shape index (κ1) is 7.95. The zero-order chi connectivity index (χ0) is 8.55. The summed E-state index contributed by atoms with van der Waals surface area (Å²) in [5, 5.41) is 5.50. The van der Waals surface area contributed by atoms with Crippen LogP contribution in [-0.2, 0) is 0 Å². The molecule has 0 saturated heterocycles. The maximum Gasteiger partial charge on any atom is 0.103 e. The summed E-state index contributed by atoms with van der Waals surface area (Å²) in [6, 6.07) is 8.29. The zero-order valence-corrected chi connectivity index (χ0v) is 8.38. The summed E-state index contributed by atoms with van der Waals surface area (Å²) in [5.74, 6) is 0. The second-order valence-electron chi connectivity index (χ2n) is 2.53. The number of anilines is 1. The molecule has 0 aliphatic heterocycles. The molecule has 0 spiro atoms. The highest BCUT2D eigenvalue weighted by molar-refractivity contribution is 7.81. The number of thiophene rings is 1. The van der Waals surface area contributed by atoms with Crippen molar-refractivity contribution in [1.29, 1.82) is 0 Å². The van der Waals surface area contributed by atoms with Crippen LogP contribution in [0.1, 0.15) is 0 Å². The molecular weight excluding hydrogens is 186 g/mol. The Morgan fingerprint density at radius 2 is 2.08 bits per heavy atom. The van der Waals surface area contributed by atoms with E-state index in [0.29, 0.717) is 0 Å². The fraction of sp³-hybridized carbons (Fsp3) is 0.111. The summed E-state index contributed by atoms with van der Waals surface area (Å²) >= 11 is 6.18. The van der Waals surface area contributed by atoms with E-state index >= 15 is 0 Å². The molecule has 3 heteroatoms. The summed E-state index contributed by atoms with van der Waals surface area (Å²) < 4.78 is 1.28. The molecular formula is C9H9NS2. The van der Waals surface area contributed by atoms with Crippen LogP contribution in [0.15, 0.2) is 29.2 Å². The molecule has 0 unspecified atom stereocenters. The predicted molar refractivity (Wildman–Crippen MR) is 58.6 cm³/mol. The molecule has 1 heterocycles. The Hall–Kier alpha value is -0.670. The number of rotatable bonds is 1. The molecule has 0 saturated carbocycles. The van der Waals surface area contributed by atoms with Crippen LogP contribution in [-0.4, -0.2) is 7.05 Å². The Morgan fingerprint density at radius 1 is 1.33 bits per heavy atom. The fourth-order valence-electron chi connectivity index (χ4n) is 1.20. The lowest BCUT2D eigenvalue weighted by Crippen LogP contribution is -1.82. The fourth-order valence-corrected chi connectivity index (χ4v) is 2.68. The van der Waals surface area contributed by atoms with Gasteiger partial charge in [0.15, 0.2) is 0 Å². The lowest BCUT2D eigenvalue weighted by atomic mass is 10.3. The normalized spacial score (nSPS) is 10.5. The Morgan fingerprint density at radius 3 is 2.75 bits per heavy atom. The van der Waals surface area contributed by atoms with Crippen molar-refractivity contribution < 1.29 is 0 Å². The molecule has 0 bridgehead atoms. The second-order valence-corrected chi connectivity index (χ2v) is 4.03. The van der Waals surface area contributed by atoms with Crippen molar-refractivity contribution in [3.05, 3.63) is 24.3 Å². The first-order valence-electron chi connectivity index (χ1n) is 3.71. The largest absolute Gasteiger partial charge is 0.379 e. The second kappa shape index (κ2) is 2.99. The van der Waals surface area contributed by atoms with Gasteiger partial charge in [0, 0.05) is 22.0 Å². The van der Waals surface area contributed by atoms with Gasteiger partial charge in [-0.3, -0.25) is 0 Å². The van der Waals surface area contributed by atoms with Crippen LogP contribution >= 0.6 is 24.0 Å². The van der Waals surface area contributed by atoms with Crippen molar-refractivity contribution in [2.24, 2.45) is 0 Å². The molecule has 62 valence electrons. The van der Waals surface area contributed by atoms with Crippen LogP contribution in [0.2, 0.25) is 0 Å². The van der Waals surface area contributed by atoms with Crippen molar-refractivity contribution in [3.63, 3.8) is 0 Å². The quantitative estimate of drug-likeness (QED) is 0.666. The van der Waals surface area contributed by atoms with Crippen molar-refractivity contribution in [1.82, 2.24) is 0 Å². The summed E-state index contributed by atoms with van der Waals surface area (Å²) in [5.41, 5.74) is 0. The van der Waals surface area contributed by atoms with Crippen molar-refractivity contribution >= 4 is 39.1 Å². The van der Waals surface area contributed by atoms with Gasteiger partial charge in [0.1, 0.15) is 5.00 Å². The Labute approximate surface area is 80.8 Å². The first-order chi connectivity index (χ1) is 5.83. The van der Waals surface area contributed by atoms with Gasteiger partial charge in [-0.15, -0.1) is 24.0 Å². The standard InChI is InChI=1S/C9H9NS2/c1-10-9-8(11)6-4-2-3-5-7(6)12-9/h2-5,10-11H,1H3. The van der Waals surface area contributed by atoms with E-state index in [2.05, 4.69) is 30.1 Å². The average molecular weight is 195 g/mol. The third-order valence-corrected chi connectivity index (χ3v) is 3.60. The Bertz CT molecular complexity index is 406. The molecule has 12 heavy (non-hydrogen) atoms. The van der Waals surface area contributed by atoms with E-state index in [-0.39, 0.29) is 0 Å². The van der Waals surface area contributed by atoms with Crippen LogP contribution < -0.4 is 5.32 Å². The smallest absolute Gasteiger partial charge is 0.103 e. The summed E-state index contributed by atoms with van der Waals surface area (Å²) in [7, 11) is 1.92. The maximum absolute atomic E-state index is 4.44. The number of hydrogen-bond acceptors (Lipinski definition) is 3. The van der Waals surface area contributed by atoms with Crippen molar-refractivity contribution in [2.45, 2.75) is 4.90 Å². The number of fused-ring (bicyclic) bond motifs is 1. The van der Waals surface area contributed by atoms with Gasteiger partial charge in [0.2, 0.25) is 0 Å². The Kier molecular flexibility index (Phi) is 1.98. The minimum atomic E-state index is 1.05. The molecule has 1 aromatic heterocycles. The Balaban J connectivity index is 2.78. The molecule has 0 atom stereocenters. The van der Waals surface area contributed by atoms with Crippen LogP contribution in [0, 0.1) is 0 Å². The van der Waals surface area contributed by atoms with E-state index in [1.807, 2.05) is 19.2 Å². The zero-order valence-electron chi connectivity index (χ0n) is 6.66. The molecule has 2 aromatic rings. The molecule has 0 radical (unpaired) electrons. The minimum absolute atomic E-state index is 1.05. The van der Waals surface area contributed by atoms with E-state index in [4.69, 9.17) is 0 Å². The third kappa shape index (κ3) is 1.09. The van der Waals surface area contributed by atoms with Gasteiger partial charge >= 0.3 is 0 Å². The maximum atomic E-state index is 4.44. The topological polar surface area (TPSA) is 12.0 Å².